The molecular weight excluding hydrogens is 212 g/mol. The largest absolute Gasteiger partial charge is 0.390 e. The van der Waals surface area contributed by atoms with E-state index in [2.05, 4.69) is 32.9 Å². The van der Waals surface area contributed by atoms with Crippen molar-refractivity contribution in [3.8, 4) is 0 Å². The summed E-state index contributed by atoms with van der Waals surface area (Å²) in [5.74, 6) is 0. The van der Waals surface area contributed by atoms with Crippen LogP contribution in [-0.4, -0.2) is 36.8 Å². The zero-order valence-electron chi connectivity index (χ0n) is 11.5. The molecule has 0 aliphatic rings. The van der Waals surface area contributed by atoms with Crippen LogP contribution in [0.2, 0.25) is 0 Å². The maximum absolute atomic E-state index is 10.1. The van der Waals surface area contributed by atoms with Gasteiger partial charge in [0.05, 0.1) is 12.1 Å². The van der Waals surface area contributed by atoms with Crippen LogP contribution in [0.3, 0.4) is 0 Å². The number of rotatable bonds is 4. The Morgan fingerprint density at radius 2 is 1.76 bits per heavy atom. The number of nitrogens with two attached hydrogens (primary N) is 1. The standard InChI is InChI=1S/C14H24N2O/c1-9-6-7-12(11(3)10(9)2)14(16(4)5)13(17)8-15/h6-7,13-14,17H,8,15H2,1-5H3. The first-order valence-electron chi connectivity index (χ1n) is 6.01. The SMILES string of the molecule is Cc1ccc(C(C(O)CN)N(C)C)c(C)c1C. The van der Waals surface area contributed by atoms with E-state index in [1.807, 2.05) is 19.0 Å². The first-order valence-corrected chi connectivity index (χ1v) is 6.01. The molecule has 96 valence electrons. The summed E-state index contributed by atoms with van der Waals surface area (Å²) in [5.41, 5.74) is 10.6. The summed E-state index contributed by atoms with van der Waals surface area (Å²) in [6, 6.07) is 4.16. The van der Waals surface area contributed by atoms with Crippen molar-refractivity contribution in [3.05, 3.63) is 34.4 Å². The van der Waals surface area contributed by atoms with Gasteiger partial charge in [-0.25, -0.2) is 0 Å². The number of likely N-dealkylation sites (N-methyl/N-ethyl adjacent to an activating group) is 1. The van der Waals surface area contributed by atoms with Gasteiger partial charge in [-0.15, -0.1) is 0 Å². The normalized spacial score (nSPS) is 15.1. The summed E-state index contributed by atoms with van der Waals surface area (Å²) in [6.07, 6.45) is -0.536. The predicted molar refractivity (Wildman–Crippen MR) is 72.1 cm³/mol. The lowest BCUT2D eigenvalue weighted by Gasteiger charge is -2.30. The van der Waals surface area contributed by atoms with Crippen LogP contribution in [-0.2, 0) is 0 Å². The maximum atomic E-state index is 10.1. The highest BCUT2D eigenvalue weighted by Gasteiger charge is 2.24. The molecule has 0 saturated carbocycles. The Morgan fingerprint density at radius 1 is 1.18 bits per heavy atom. The van der Waals surface area contributed by atoms with Crippen LogP contribution in [0, 0.1) is 20.8 Å². The molecule has 3 N–H and O–H groups in total. The average molecular weight is 236 g/mol. The van der Waals surface area contributed by atoms with Gasteiger partial charge in [0.15, 0.2) is 0 Å². The summed E-state index contributed by atoms with van der Waals surface area (Å²) in [6.45, 7) is 6.61. The molecule has 3 nitrogen and oxygen atoms in total. The molecule has 3 heteroatoms. The number of aliphatic hydroxyl groups is 1. The van der Waals surface area contributed by atoms with E-state index in [1.54, 1.807) is 0 Å². The van der Waals surface area contributed by atoms with E-state index in [0.29, 0.717) is 0 Å². The zero-order valence-corrected chi connectivity index (χ0v) is 11.5. The Labute approximate surface area is 104 Å². The third-order valence-corrected chi connectivity index (χ3v) is 3.58. The van der Waals surface area contributed by atoms with Crippen molar-refractivity contribution in [1.29, 1.82) is 0 Å². The van der Waals surface area contributed by atoms with Gasteiger partial charge in [-0.05, 0) is 57.1 Å². The quantitative estimate of drug-likeness (QED) is 0.833. The van der Waals surface area contributed by atoms with Crippen molar-refractivity contribution >= 4 is 0 Å². The molecule has 0 bridgehead atoms. The van der Waals surface area contributed by atoms with Gasteiger partial charge in [0.25, 0.3) is 0 Å². The Kier molecular flexibility index (Phi) is 4.69. The third kappa shape index (κ3) is 2.86. The fraction of sp³-hybridized carbons (Fsp3) is 0.571. The first kappa shape index (κ1) is 14.2. The third-order valence-electron chi connectivity index (χ3n) is 3.58. The molecule has 2 atom stereocenters. The highest BCUT2D eigenvalue weighted by atomic mass is 16.3. The molecule has 1 aromatic rings. The molecule has 1 aromatic carbocycles. The minimum atomic E-state index is -0.536. The fourth-order valence-corrected chi connectivity index (χ4v) is 2.26. The van der Waals surface area contributed by atoms with Crippen LogP contribution in [0.5, 0.6) is 0 Å². The van der Waals surface area contributed by atoms with Gasteiger partial charge >= 0.3 is 0 Å². The van der Waals surface area contributed by atoms with Gasteiger partial charge in [0, 0.05) is 6.54 Å². The van der Waals surface area contributed by atoms with E-state index in [-0.39, 0.29) is 12.6 Å². The Bertz CT molecular complexity index is 388. The number of benzene rings is 1. The van der Waals surface area contributed by atoms with Crippen molar-refractivity contribution in [2.45, 2.75) is 32.9 Å². The summed E-state index contributed by atoms with van der Waals surface area (Å²) < 4.78 is 0. The van der Waals surface area contributed by atoms with Gasteiger partial charge in [-0.1, -0.05) is 12.1 Å². The van der Waals surface area contributed by atoms with Crippen LogP contribution < -0.4 is 5.73 Å². The second kappa shape index (κ2) is 5.63. The topological polar surface area (TPSA) is 49.5 Å². The van der Waals surface area contributed by atoms with Crippen molar-refractivity contribution in [2.75, 3.05) is 20.6 Å². The van der Waals surface area contributed by atoms with E-state index in [4.69, 9.17) is 5.73 Å². The highest BCUT2D eigenvalue weighted by molar-refractivity contribution is 5.40. The summed E-state index contributed by atoms with van der Waals surface area (Å²) in [7, 11) is 3.94. The summed E-state index contributed by atoms with van der Waals surface area (Å²) in [5, 5.41) is 10.1. The van der Waals surface area contributed by atoms with E-state index < -0.39 is 6.10 Å². The van der Waals surface area contributed by atoms with Crippen molar-refractivity contribution in [1.82, 2.24) is 4.90 Å². The molecule has 0 saturated heterocycles. The lowest BCUT2D eigenvalue weighted by molar-refractivity contribution is 0.0819. The number of aryl methyl sites for hydroxylation is 1. The number of aliphatic hydroxyl groups excluding tert-OH is 1. The van der Waals surface area contributed by atoms with E-state index in [0.717, 1.165) is 5.56 Å². The van der Waals surface area contributed by atoms with Gasteiger partial charge in [0.1, 0.15) is 0 Å². The lowest BCUT2D eigenvalue weighted by Crippen LogP contribution is -2.36. The molecule has 0 spiro atoms. The number of hydrogen-bond acceptors (Lipinski definition) is 3. The molecule has 0 fully saturated rings. The maximum Gasteiger partial charge on any atom is 0.0858 e. The average Bonchev–Trinajstić information content (AvgIpc) is 2.28. The molecule has 2 unspecified atom stereocenters. The Hall–Kier alpha value is -0.900. The Balaban J connectivity index is 3.24. The minimum Gasteiger partial charge on any atom is -0.390 e. The number of nitrogens with zero attached hydrogens (tertiary/aromatic N) is 1. The molecule has 0 aliphatic heterocycles. The van der Waals surface area contributed by atoms with E-state index in [9.17, 15) is 5.11 Å². The molecule has 0 heterocycles. The van der Waals surface area contributed by atoms with Gasteiger partial charge in [0.2, 0.25) is 0 Å². The first-order chi connectivity index (χ1) is 7.90. The minimum absolute atomic E-state index is 0.0423. The molecular formula is C14H24N2O. The van der Waals surface area contributed by atoms with Crippen molar-refractivity contribution < 1.29 is 5.11 Å². The van der Waals surface area contributed by atoms with E-state index in [1.165, 1.54) is 16.7 Å². The fourth-order valence-electron chi connectivity index (χ4n) is 2.26. The van der Waals surface area contributed by atoms with Crippen LogP contribution in [0.4, 0.5) is 0 Å². The van der Waals surface area contributed by atoms with Crippen LogP contribution in [0.15, 0.2) is 12.1 Å². The second-order valence-electron chi connectivity index (χ2n) is 4.93. The van der Waals surface area contributed by atoms with Crippen LogP contribution >= 0.6 is 0 Å². The Morgan fingerprint density at radius 3 is 2.24 bits per heavy atom. The van der Waals surface area contributed by atoms with Gasteiger partial charge in [-0.2, -0.15) is 0 Å². The number of hydrogen-bond donors (Lipinski definition) is 2. The predicted octanol–water partition coefficient (Wildman–Crippen LogP) is 1.53. The van der Waals surface area contributed by atoms with Crippen LogP contribution in [0.25, 0.3) is 0 Å². The van der Waals surface area contributed by atoms with Gasteiger partial charge in [-0.3, -0.25) is 0 Å². The van der Waals surface area contributed by atoms with Crippen molar-refractivity contribution in [2.24, 2.45) is 5.73 Å². The van der Waals surface area contributed by atoms with Crippen molar-refractivity contribution in [3.63, 3.8) is 0 Å². The van der Waals surface area contributed by atoms with Gasteiger partial charge < -0.3 is 15.7 Å². The molecule has 0 aromatic heterocycles. The smallest absolute Gasteiger partial charge is 0.0858 e. The molecule has 0 aliphatic carbocycles. The lowest BCUT2D eigenvalue weighted by atomic mass is 9.91. The molecule has 0 amide bonds. The summed E-state index contributed by atoms with van der Waals surface area (Å²) >= 11 is 0. The second-order valence-corrected chi connectivity index (χ2v) is 4.93. The summed E-state index contributed by atoms with van der Waals surface area (Å²) in [4.78, 5) is 2.02. The monoisotopic (exact) mass is 236 g/mol. The molecule has 17 heavy (non-hydrogen) atoms. The zero-order chi connectivity index (χ0) is 13.2. The van der Waals surface area contributed by atoms with Crippen LogP contribution in [0.1, 0.15) is 28.3 Å². The highest BCUT2D eigenvalue weighted by Crippen LogP contribution is 2.28. The molecule has 1 rings (SSSR count). The van der Waals surface area contributed by atoms with E-state index >= 15 is 0 Å². The molecule has 0 radical (unpaired) electrons.